The summed E-state index contributed by atoms with van der Waals surface area (Å²) in [5.74, 6) is -0.954. The van der Waals surface area contributed by atoms with E-state index in [0.717, 1.165) is 37.7 Å². The summed E-state index contributed by atoms with van der Waals surface area (Å²) in [5, 5.41) is 11.8. The summed E-state index contributed by atoms with van der Waals surface area (Å²) in [6.45, 7) is 6.00. The third-order valence-electron chi connectivity index (χ3n) is 11.5. The summed E-state index contributed by atoms with van der Waals surface area (Å²) in [7, 11) is 1.70. The number of benzene rings is 1. The molecule has 5 fully saturated rings. The highest BCUT2D eigenvalue weighted by Crippen LogP contribution is 2.80. The second kappa shape index (κ2) is 11.2. The molecular formula is C33H45N5O6. The van der Waals surface area contributed by atoms with Gasteiger partial charge in [0.15, 0.2) is 5.60 Å². The first-order chi connectivity index (χ1) is 21.0. The van der Waals surface area contributed by atoms with Crippen molar-refractivity contribution >= 4 is 35.3 Å². The minimum Gasteiger partial charge on any atom is -0.448 e. The zero-order valence-electron chi connectivity index (χ0n) is 26.2. The van der Waals surface area contributed by atoms with Crippen LogP contribution in [0.25, 0.3) is 0 Å². The van der Waals surface area contributed by atoms with Gasteiger partial charge >= 0.3 is 5.97 Å². The molecule has 11 heteroatoms. The fourth-order valence-corrected chi connectivity index (χ4v) is 8.78. The molecule has 8 unspecified atom stereocenters. The van der Waals surface area contributed by atoms with E-state index in [9.17, 15) is 24.0 Å². The van der Waals surface area contributed by atoms with Crippen molar-refractivity contribution in [3.05, 3.63) is 29.8 Å². The van der Waals surface area contributed by atoms with Crippen molar-refractivity contribution < 1.29 is 28.7 Å². The Morgan fingerprint density at radius 2 is 1.84 bits per heavy atom. The predicted octanol–water partition coefficient (Wildman–Crippen LogP) is 2.39. The lowest BCUT2D eigenvalue weighted by Crippen LogP contribution is -2.57. The van der Waals surface area contributed by atoms with Crippen LogP contribution in [-0.4, -0.2) is 71.3 Å². The van der Waals surface area contributed by atoms with Gasteiger partial charge in [0.2, 0.25) is 17.7 Å². The van der Waals surface area contributed by atoms with E-state index in [4.69, 9.17) is 4.74 Å². The molecule has 238 valence electrons. The Bertz CT molecular complexity index is 1380. The largest absolute Gasteiger partial charge is 0.448 e. The minimum atomic E-state index is -1.14. The van der Waals surface area contributed by atoms with E-state index in [1.165, 1.54) is 0 Å². The molecule has 2 bridgehead atoms. The summed E-state index contributed by atoms with van der Waals surface area (Å²) in [6, 6.07) is 5.60. The lowest BCUT2D eigenvalue weighted by atomic mass is 9.73. The molecule has 1 aromatic carbocycles. The van der Waals surface area contributed by atoms with Crippen molar-refractivity contribution in [2.75, 3.05) is 12.4 Å². The van der Waals surface area contributed by atoms with E-state index in [0.29, 0.717) is 31.4 Å². The van der Waals surface area contributed by atoms with Crippen LogP contribution in [0.2, 0.25) is 0 Å². The van der Waals surface area contributed by atoms with Crippen molar-refractivity contribution in [2.24, 2.45) is 16.7 Å². The maximum absolute atomic E-state index is 13.7. The van der Waals surface area contributed by atoms with Crippen LogP contribution in [0.5, 0.6) is 0 Å². The third kappa shape index (κ3) is 4.61. The second-order valence-corrected chi connectivity index (χ2v) is 13.8. The number of likely N-dealkylation sites (N-methyl/N-ethyl adjacent to an activating group) is 1. The van der Waals surface area contributed by atoms with Gasteiger partial charge in [-0.1, -0.05) is 31.9 Å². The molecule has 1 aromatic rings. The van der Waals surface area contributed by atoms with Crippen LogP contribution < -0.4 is 21.3 Å². The van der Waals surface area contributed by atoms with E-state index in [-0.39, 0.29) is 48.1 Å². The standard InChI is InChI=1S/C33H45N5O6/c1-19-17-32(19)31(3)14-15-33(32,44-30(31)43)29(42)36-22-9-7-8-21(16-22)18-35-27(40)25-13-12-23-10-5-6-11-24(28(41)38(23)25)37-26(39)20(2)34-4/h7-9,16,19-20,23-25,34H,5-6,10-15,17-18H2,1-4H3,(H,35,40)(H,36,42)(H,37,39). The Hall–Kier alpha value is -3.47. The number of nitrogens with zero attached hydrogens (tertiary/aromatic N) is 1. The molecule has 3 aliphatic heterocycles. The molecule has 8 atom stereocenters. The van der Waals surface area contributed by atoms with Gasteiger partial charge in [0.25, 0.3) is 5.91 Å². The average molecular weight is 608 g/mol. The van der Waals surface area contributed by atoms with Gasteiger partial charge in [-0.3, -0.25) is 24.0 Å². The first kappa shape index (κ1) is 30.6. The summed E-state index contributed by atoms with van der Waals surface area (Å²) < 4.78 is 5.85. The molecule has 2 aliphatic carbocycles. The van der Waals surface area contributed by atoms with Gasteiger partial charge in [0.1, 0.15) is 12.1 Å². The normalized spacial score (nSPS) is 36.2. The molecule has 0 aromatic heterocycles. The lowest BCUT2D eigenvalue weighted by molar-refractivity contribution is -0.165. The van der Waals surface area contributed by atoms with Gasteiger partial charge in [-0.15, -0.1) is 0 Å². The first-order valence-corrected chi connectivity index (χ1v) is 16.2. The van der Waals surface area contributed by atoms with Crippen LogP contribution in [0.3, 0.4) is 0 Å². The molecule has 3 saturated heterocycles. The van der Waals surface area contributed by atoms with Crippen LogP contribution in [0.4, 0.5) is 5.69 Å². The topological polar surface area (TPSA) is 146 Å². The molecule has 4 N–H and O–H groups in total. The van der Waals surface area contributed by atoms with Crippen LogP contribution in [0.1, 0.15) is 84.1 Å². The number of anilines is 1. The van der Waals surface area contributed by atoms with Crippen molar-refractivity contribution in [3.63, 3.8) is 0 Å². The third-order valence-corrected chi connectivity index (χ3v) is 11.5. The zero-order chi connectivity index (χ0) is 31.4. The Balaban J connectivity index is 1.10. The number of carbonyl (C=O) groups excluding carboxylic acids is 5. The Morgan fingerprint density at radius 3 is 2.55 bits per heavy atom. The van der Waals surface area contributed by atoms with Crippen molar-refractivity contribution in [2.45, 2.75) is 115 Å². The Labute approximate surface area is 258 Å². The molecule has 2 saturated carbocycles. The SMILES string of the molecule is CNC(C)C(=O)NC1CCCCC2CCC(C(=O)NCc3cccc(NC(=O)C45CCC(C)(C(=O)O4)C54CC4C)c3)N2C1=O. The number of fused-ring (bicyclic) bond motifs is 1. The van der Waals surface area contributed by atoms with Crippen LogP contribution in [0.15, 0.2) is 24.3 Å². The van der Waals surface area contributed by atoms with Gasteiger partial charge in [0, 0.05) is 23.7 Å². The molecule has 11 nitrogen and oxygen atoms in total. The number of carbonyl (C=O) groups is 5. The fourth-order valence-electron chi connectivity index (χ4n) is 8.78. The Kier molecular flexibility index (Phi) is 7.75. The lowest BCUT2D eigenvalue weighted by Gasteiger charge is -2.35. The number of hydrogen-bond donors (Lipinski definition) is 4. The molecule has 0 radical (unpaired) electrons. The highest BCUT2D eigenvalue weighted by Gasteiger charge is 2.87. The predicted molar refractivity (Wildman–Crippen MR) is 162 cm³/mol. The molecule has 44 heavy (non-hydrogen) atoms. The second-order valence-electron chi connectivity index (χ2n) is 13.8. The number of amides is 4. The number of rotatable bonds is 8. The van der Waals surface area contributed by atoms with Gasteiger partial charge in [0.05, 0.1) is 11.5 Å². The van der Waals surface area contributed by atoms with Crippen molar-refractivity contribution in [1.82, 2.24) is 20.9 Å². The summed E-state index contributed by atoms with van der Waals surface area (Å²) in [5.41, 5.74) is -0.821. The highest BCUT2D eigenvalue weighted by atomic mass is 16.6. The summed E-state index contributed by atoms with van der Waals surface area (Å²) >= 11 is 0. The summed E-state index contributed by atoms with van der Waals surface area (Å²) in [4.78, 5) is 67.9. The first-order valence-electron chi connectivity index (χ1n) is 16.2. The molecule has 4 amide bonds. The van der Waals surface area contributed by atoms with Gasteiger partial charge in [-0.25, -0.2) is 0 Å². The average Bonchev–Trinajstić information content (AvgIpc) is 3.34. The minimum absolute atomic E-state index is 0.0165. The van der Waals surface area contributed by atoms with Crippen LogP contribution >= 0.6 is 0 Å². The van der Waals surface area contributed by atoms with Gasteiger partial charge in [-0.05, 0) is 89.5 Å². The number of nitrogens with one attached hydrogen (secondary N) is 4. The maximum atomic E-state index is 13.7. The number of esters is 1. The molecule has 5 aliphatic rings. The van der Waals surface area contributed by atoms with E-state index in [2.05, 4.69) is 28.2 Å². The van der Waals surface area contributed by atoms with E-state index >= 15 is 0 Å². The Morgan fingerprint density at radius 1 is 1.09 bits per heavy atom. The molecule has 1 spiro atoms. The number of ether oxygens (including phenoxy) is 1. The zero-order valence-corrected chi connectivity index (χ0v) is 26.2. The van der Waals surface area contributed by atoms with Gasteiger partial charge < -0.3 is 30.9 Å². The quantitative estimate of drug-likeness (QED) is 0.332. The number of hydrogen-bond acceptors (Lipinski definition) is 7. The smallest absolute Gasteiger partial charge is 0.313 e. The van der Waals surface area contributed by atoms with Crippen LogP contribution in [0, 0.1) is 16.7 Å². The van der Waals surface area contributed by atoms with E-state index in [1.54, 1.807) is 24.9 Å². The van der Waals surface area contributed by atoms with Crippen molar-refractivity contribution in [3.8, 4) is 0 Å². The van der Waals surface area contributed by atoms with E-state index in [1.807, 2.05) is 25.1 Å². The summed E-state index contributed by atoms with van der Waals surface area (Å²) in [6.07, 6.45) is 6.50. The van der Waals surface area contributed by atoms with E-state index < -0.39 is 34.6 Å². The van der Waals surface area contributed by atoms with Crippen LogP contribution in [-0.2, 0) is 35.3 Å². The fraction of sp³-hybridized carbons (Fsp3) is 0.667. The molecular weight excluding hydrogens is 562 g/mol. The molecule has 6 rings (SSSR count). The maximum Gasteiger partial charge on any atom is 0.313 e. The van der Waals surface area contributed by atoms with Crippen molar-refractivity contribution in [1.29, 1.82) is 0 Å². The molecule has 3 heterocycles. The highest BCUT2D eigenvalue weighted by molar-refractivity contribution is 6.04. The monoisotopic (exact) mass is 607 g/mol. The van der Waals surface area contributed by atoms with Gasteiger partial charge in [-0.2, -0.15) is 0 Å².